The Morgan fingerprint density at radius 1 is 1.00 bits per heavy atom. The molecule has 0 radical (unpaired) electrons. The number of rotatable bonds is 4. The molecule has 0 saturated heterocycles. The minimum atomic E-state index is -0.238. The second kappa shape index (κ2) is 7.04. The minimum absolute atomic E-state index is 0.238. The van der Waals surface area contributed by atoms with Gasteiger partial charge in [-0.25, -0.2) is 9.67 Å². The summed E-state index contributed by atoms with van der Waals surface area (Å²) in [5.41, 5.74) is 2.82. The summed E-state index contributed by atoms with van der Waals surface area (Å²) in [6, 6.07) is 18.7. The molecule has 5 aromatic rings. The Kier molecular flexibility index (Phi) is 4.21. The molecule has 0 aliphatic rings. The van der Waals surface area contributed by atoms with E-state index in [0.717, 1.165) is 11.3 Å². The minimum Gasteiger partial charge on any atom is -0.497 e. The highest BCUT2D eigenvalue weighted by Gasteiger charge is 2.20. The van der Waals surface area contributed by atoms with Crippen LogP contribution >= 0.6 is 0 Å². The first-order chi connectivity index (χ1) is 14.7. The molecule has 7 heteroatoms. The zero-order valence-corrected chi connectivity index (χ0v) is 16.4. The van der Waals surface area contributed by atoms with Crippen LogP contribution in [0, 0.1) is 6.92 Å². The van der Waals surface area contributed by atoms with Crippen LogP contribution in [0.2, 0.25) is 0 Å². The first-order valence-corrected chi connectivity index (χ1v) is 9.42. The average Bonchev–Trinajstić information content (AvgIpc) is 3.44. The molecule has 0 bridgehead atoms. The first kappa shape index (κ1) is 17.9. The molecule has 0 spiro atoms. The van der Waals surface area contributed by atoms with E-state index in [1.165, 1.54) is 4.57 Å². The summed E-state index contributed by atoms with van der Waals surface area (Å²) in [6.07, 6.45) is 3.10. The summed E-state index contributed by atoms with van der Waals surface area (Å²) in [7, 11) is 1.59. The van der Waals surface area contributed by atoms with Crippen molar-refractivity contribution in [2.24, 2.45) is 0 Å². The van der Waals surface area contributed by atoms with Gasteiger partial charge in [-0.3, -0.25) is 9.36 Å². The third-order valence-electron chi connectivity index (χ3n) is 4.93. The van der Waals surface area contributed by atoms with Gasteiger partial charge in [-0.15, -0.1) is 0 Å². The van der Waals surface area contributed by atoms with Crippen LogP contribution in [0.3, 0.4) is 0 Å². The molecule has 0 amide bonds. The molecule has 0 N–H and O–H groups in total. The average molecular weight is 398 g/mol. The maximum atomic E-state index is 13.5. The molecule has 3 heterocycles. The highest BCUT2D eigenvalue weighted by molar-refractivity contribution is 5.78. The summed E-state index contributed by atoms with van der Waals surface area (Å²) < 4.78 is 14.1. The third kappa shape index (κ3) is 2.88. The van der Waals surface area contributed by atoms with Crippen molar-refractivity contribution in [3.63, 3.8) is 0 Å². The second-order valence-electron chi connectivity index (χ2n) is 6.88. The number of ether oxygens (including phenoxy) is 1. The fraction of sp³-hybridized carbons (Fsp3) is 0.0870. The Morgan fingerprint density at radius 2 is 1.83 bits per heavy atom. The fourth-order valence-corrected chi connectivity index (χ4v) is 3.40. The molecule has 0 unspecified atom stereocenters. The Bertz CT molecular complexity index is 1400. The zero-order chi connectivity index (χ0) is 20.7. The van der Waals surface area contributed by atoms with E-state index in [1.807, 2.05) is 49.4 Å². The maximum Gasteiger partial charge on any atom is 0.269 e. The zero-order valence-electron chi connectivity index (χ0n) is 16.4. The van der Waals surface area contributed by atoms with Crippen LogP contribution in [0.4, 0.5) is 0 Å². The SMILES string of the molecule is COc1cccc(-n2c(-c3ccco3)nc3c(cnn3-c3ccc(C)cc3)c2=O)c1. The van der Waals surface area contributed by atoms with Crippen LogP contribution in [0.1, 0.15) is 5.56 Å². The Morgan fingerprint density at radius 3 is 2.57 bits per heavy atom. The molecule has 0 atom stereocenters. The number of hydrogen-bond donors (Lipinski definition) is 0. The van der Waals surface area contributed by atoms with E-state index in [4.69, 9.17) is 14.1 Å². The lowest BCUT2D eigenvalue weighted by atomic mass is 10.2. The Balaban J connectivity index is 1.82. The lowest BCUT2D eigenvalue weighted by Gasteiger charge is -2.12. The van der Waals surface area contributed by atoms with Gasteiger partial charge in [-0.1, -0.05) is 23.8 Å². The van der Waals surface area contributed by atoms with Crippen LogP contribution < -0.4 is 10.3 Å². The van der Waals surface area contributed by atoms with E-state index >= 15 is 0 Å². The van der Waals surface area contributed by atoms with Crippen LogP contribution in [-0.2, 0) is 0 Å². The maximum absolute atomic E-state index is 13.5. The van der Waals surface area contributed by atoms with Crippen molar-refractivity contribution in [1.82, 2.24) is 19.3 Å². The fourth-order valence-electron chi connectivity index (χ4n) is 3.40. The largest absolute Gasteiger partial charge is 0.497 e. The lowest BCUT2D eigenvalue weighted by Crippen LogP contribution is -2.22. The van der Waals surface area contributed by atoms with Gasteiger partial charge >= 0.3 is 0 Å². The monoisotopic (exact) mass is 398 g/mol. The number of nitrogens with zero attached hydrogens (tertiary/aromatic N) is 4. The lowest BCUT2D eigenvalue weighted by molar-refractivity contribution is 0.414. The molecular weight excluding hydrogens is 380 g/mol. The van der Waals surface area contributed by atoms with Crippen molar-refractivity contribution in [3.05, 3.63) is 89.0 Å². The summed E-state index contributed by atoms with van der Waals surface area (Å²) in [5, 5.41) is 4.84. The van der Waals surface area contributed by atoms with Crippen molar-refractivity contribution >= 4 is 11.0 Å². The van der Waals surface area contributed by atoms with E-state index in [2.05, 4.69) is 5.10 Å². The van der Waals surface area contributed by atoms with Crippen molar-refractivity contribution < 1.29 is 9.15 Å². The quantitative estimate of drug-likeness (QED) is 0.455. The van der Waals surface area contributed by atoms with Gasteiger partial charge in [-0.05, 0) is 43.3 Å². The molecule has 0 aliphatic heterocycles. The molecule has 0 aliphatic carbocycles. The molecule has 7 nitrogen and oxygen atoms in total. The molecule has 5 rings (SSSR count). The van der Waals surface area contributed by atoms with Gasteiger partial charge in [0.2, 0.25) is 0 Å². The Hall–Kier alpha value is -4.13. The van der Waals surface area contributed by atoms with Crippen LogP contribution in [-0.4, -0.2) is 26.4 Å². The highest BCUT2D eigenvalue weighted by Crippen LogP contribution is 2.25. The van der Waals surface area contributed by atoms with Gasteiger partial charge in [0.1, 0.15) is 11.1 Å². The van der Waals surface area contributed by atoms with Gasteiger partial charge in [0.05, 0.1) is 30.9 Å². The highest BCUT2D eigenvalue weighted by atomic mass is 16.5. The van der Waals surface area contributed by atoms with Crippen LogP contribution in [0.5, 0.6) is 5.75 Å². The van der Waals surface area contributed by atoms with Gasteiger partial charge < -0.3 is 9.15 Å². The predicted molar refractivity (Wildman–Crippen MR) is 113 cm³/mol. The molecule has 0 saturated carbocycles. The predicted octanol–water partition coefficient (Wildman–Crippen LogP) is 4.15. The first-order valence-electron chi connectivity index (χ1n) is 9.42. The van der Waals surface area contributed by atoms with Crippen molar-refractivity contribution in [1.29, 1.82) is 0 Å². The molecule has 148 valence electrons. The molecule has 30 heavy (non-hydrogen) atoms. The summed E-state index contributed by atoms with van der Waals surface area (Å²) >= 11 is 0. The molecule has 2 aromatic carbocycles. The number of aryl methyl sites for hydroxylation is 1. The topological polar surface area (TPSA) is 75.1 Å². The molecule has 3 aromatic heterocycles. The third-order valence-corrected chi connectivity index (χ3v) is 4.93. The standard InChI is InChI=1S/C23H18N4O3/c1-15-8-10-16(11-9-15)27-21-19(14-24-27)23(28)26(17-5-3-6-18(13-17)29-2)22(25-21)20-7-4-12-30-20/h3-14H,1-2H3. The van der Waals surface area contributed by atoms with Gasteiger partial charge in [-0.2, -0.15) is 5.10 Å². The van der Waals surface area contributed by atoms with Crippen molar-refractivity contribution in [3.8, 4) is 28.7 Å². The van der Waals surface area contributed by atoms with Gasteiger partial charge in [0.15, 0.2) is 17.2 Å². The van der Waals surface area contributed by atoms with E-state index in [1.54, 1.807) is 42.5 Å². The molecular formula is C23H18N4O3. The number of hydrogen-bond acceptors (Lipinski definition) is 5. The van der Waals surface area contributed by atoms with Crippen LogP contribution in [0.15, 0.2) is 82.3 Å². The molecule has 0 fully saturated rings. The summed E-state index contributed by atoms with van der Waals surface area (Å²) in [6.45, 7) is 2.02. The van der Waals surface area contributed by atoms with E-state index < -0.39 is 0 Å². The smallest absolute Gasteiger partial charge is 0.269 e. The van der Waals surface area contributed by atoms with E-state index in [9.17, 15) is 4.79 Å². The van der Waals surface area contributed by atoms with Crippen molar-refractivity contribution in [2.75, 3.05) is 7.11 Å². The van der Waals surface area contributed by atoms with Crippen LogP contribution in [0.25, 0.3) is 34.0 Å². The number of fused-ring (bicyclic) bond motifs is 1. The van der Waals surface area contributed by atoms with Crippen molar-refractivity contribution in [2.45, 2.75) is 6.92 Å². The number of furan rings is 1. The second-order valence-corrected chi connectivity index (χ2v) is 6.88. The van der Waals surface area contributed by atoms with Gasteiger partial charge in [0, 0.05) is 6.07 Å². The number of methoxy groups -OCH3 is 1. The normalized spacial score (nSPS) is 11.1. The van der Waals surface area contributed by atoms with E-state index in [-0.39, 0.29) is 5.56 Å². The van der Waals surface area contributed by atoms with Gasteiger partial charge in [0.25, 0.3) is 5.56 Å². The number of aromatic nitrogens is 4. The number of benzene rings is 2. The van der Waals surface area contributed by atoms with E-state index in [0.29, 0.717) is 34.1 Å². The summed E-state index contributed by atoms with van der Waals surface area (Å²) in [5.74, 6) is 1.51. The summed E-state index contributed by atoms with van der Waals surface area (Å²) in [4.78, 5) is 18.3. The Labute approximate surface area is 171 Å².